The maximum absolute atomic E-state index is 11.3. The second kappa shape index (κ2) is 6.68. The lowest BCUT2D eigenvalue weighted by atomic mass is 9.94. The fraction of sp³-hybridized carbons (Fsp3) is 0.533. The van der Waals surface area contributed by atoms with Gasteiger partial charge in [-0.2, -0.15) is 0 Å². The highest BCUT2D eigenvalue weighted by molar-refractivity contribution is 5.76. The molecule has 0 spiro atoms. The van der Waals surface area contributed by atoms with Gasteiger partial charge in [0.25, 0.3) is 0 Å². The van der Waals surface area contributed by atoms with E-state index in [1.165, 1.54) is 5.56 Å². The van der Waals surface area contributed by atoms with Gasteiger partial charge in [-0.05, 0) is 38.8 Å². The first-order valence-corrected chi connectivity index (χ1v) is 6.69. The van der Waals surface area contributed by atoms with Crippen molar-refractivity contribution >= 4 is 5.91 Å². The molecule has 4 nitrogen and oxygen atoms in total. The Morgan fingerprint density at radius 1 is 1.26 bits per heavy atom. The van der Waals surface area contributed by atoms with Gasteiger partial charge in [0.1, 0.15) is 0 Å². The molecular weight excluding hydrogens is 238 g/mol. The molecule has 0 fully saturated rings. The fourth-order valence-electron chi connectivity index (χ4n) is 2.46. The van der Waals surface area contributed by atoms with Crippen molar-refractivity contribution in [2.45, 2.75) is 45.8 Å². The first kappa shape index (κ1) is 15.7. The van der Waals surface area contributed by atoms with E-state index >= 15 is 0 Å². The minimum Gasteiger partial charge on any atom is -0.369 e. The van der Waals surface area contributed by atoms with Gasteiger partial charge in [-0.3, -0.25) is 9.69 Å². The monoisotopic (exact) mass is 263 g/mol. The van der Waals surface area contributed by atoms with Crippen LogP contribution in [-0.2, 0) is 4.79 Å². The molecule has 2 atom stereocenters. The van der Waals surface area contributed by atoms with Gasteiger partial charge in [0.05, 0.1) is 12.6 Å². The Morgan fingerprint density at radius 3 is 2.26 bits per heavy atom. The van der Waals surface area contributed by atoms with E-state index in [1.807, 2.05) is 19.1 Å². The zero-order chi connectivity index (χ0) is 14.6. The molecule has 4 N–H and O–H groups in total. The van der Waals surface area contributed by atoms with E-state index in [2.05, 4.69) is 37.8 Å². The Hall–Kier alpha value is -1.39. The second-order valence-electron chi connectivity index (χ2n) is 5.39. The smallest absolute Gasteiger partial charge is 0.231 e. The lowest BCUT2D eigenvalue weighted by molar-refractivity contribution is -0.120. The van der Waals surface area contributed by atoms with Crippen LogP contribution < -0.4 is 11.5 Å². The molecule has 0 radical (unpaired) electrons. The number of carbonyl (C=O) groups is 1. The van der Waals surface area contributed by atoms with Crippen molar-refractivity contribution in [3.8, 4) is 0 Å². The molecule has 0 saturated carbocycles. The molecule has 0 aliphatic heterocycles. The topological polar surface area (TPSA) is 72.3 Å². The molecule has 0 aromatic heterocycles. The predicted molar refractivity (Wildman–Crippen MR) is 78.6 cm³/mol. The molecule has 2 unspecified atom stereocenters. The standard InChI is InChI=1S/C15H25N3O/c1-10(2)18(9-14(17)19)15(12(4)16)13-8-6-5-7-11(13)3/h5-8,10,12,15H,9,16H2,1-4H3,(H2,17,19). The van der Waals surface area contributed by atoms with Crippen molar-refractivity contribution in [1.29, 1.82) is 0 Å². The van der Waals surface area contributed by atoms with E-state index in [1.54, 1.807) is 0 Å². The predicted octanol–water partition coefficient (Wildman–Crippen LogP) is 1.58. The summed E-state index contributed by atoms with van der Waals surface area (Å²) in [5.41, 5.74) is 13.9. The van der Waals surface area contributed by atoms with E-state index in [9.17, 15) is 4.79 Å². The summed E-state index contributed by atoms with van der Waals surface area (Å²) in [5, 5.41) is 0. The number of primary amides is 1. The van der Waals surface area contributed by atoms with Crippen LogP contribution in [-0.4, -0.2) is 29.4 Å². The number of carbonyl (C=O) groups excluding carboxylic acids is 1. The Morgan fingerprint density at radius 2 is 1.84 bits per heavy atom. The number of rotatable bonds is 6. The lowest BCUT2D eigenvalue weighted by Gasteiger charge is -2.37. The molecule has 0 aliphatic rings. The third kappa shape index (κ3) is 4.04. The molecule has 1 amide bonds. The highest BCUT2D eigenvalue weighted by Gasteiger charge is 2.28. The summed E-state index contributed by atoms with van der Waals surface area (Å²) in [4.78, 5) is 13.4. The van der Waals surface area contributed by atoms with Crippen LogP contribution >= 0.6 is 0 Å². The third-order valence-corrected chi connectivity index (χ3v) is 3.36. The zero-order valence-electron chi connectivity index (χ0n) is 12.3. The van der Waals surface area contributed by atoms with Crippen LogP contribution in [0.25, 0.3) is 0 Å². The number of nitrogens with two attached hydrogens (primary N) is 2. The fourth-order valence-corrected chi connectivity index (χ4v) is 2.46. The van der Waals surface area contributed by atoms with Crippen LogP contribution in [0, 0.1) is 6.92 Å². The van der Waals surface area contributed by atoms with Gasteiger partial charge in [0.15, 0.2) is 0 Å². The molecular formula is C15H25N3O. The maximum Gasteiger partial charge on any atom is 0.231 e. The highest BCUT2D eigenvalue weighted by atomic mass is 16.1. The average Bonchev–Trinajstić information content (AvgIpc) is 2.29. The van der Waals surface area contributed by atoms with E-state index in [0.717, 1.165) is 5.56 Å². The lowest BCUT2D eigenvalue weighted by Crippen LogP contribution is -2.47. The summed E-state index contributed by atoms with van der Waals surface area (Å²) < 4.78 is 0. The zero-order valence-corrected chi connectivity index (χ0v) is 12.3. The maximum atomic E-state index is 11.3. The molecule has 0 bridgehead atoms. The Bertz CT molecular complexity index is 429. The van der Waals surface area contributed by atoms with Gasteiger partial charge >= 0.3 is 0 Å². The average molecular weight is 263 g/mol. The van der Waals surface area contributed by atoms with Crippen LogP contribution in [0.4, 0.5) is 0 Å². The quantitative estimate of drug-likeness (QED) is 0.818. The third-order valence-electron chi connectivity index (χ3n) is 3.36. The van der Waals surface area contributed by atoms with Gasteiger partial charge in [-0.15, -0.1) is 0 Å². The number of amides is 1. The highest BCUT2D eigenvalue weighted by Crippen LogP contribution is 2.27. The Labute approximate surface area is 115 Å². The van der Waals surface area contributed by atoms with Crippen molar-refractivity contribution in [3.05, 3.63) is 35.4 Å². The first-order chi connectivity index (χ1) is 8.84. The van der Waals surface area contributed by atoms with Crippen LogP contribution in [0.2, 0.25) is 0 Å². The van der Waals surface area contributed by atoms with Gasteiger partial charge in [-0.1, -0.05) is 24.3 Å². The number of hydrogen-bond donors (Lipinski definition) is 2. The Balaban J connectivity index is 3.18. The van der Waals surface area contributed by atoms with Crippen molar-refractivity contribution in [1.82, 2.24) is 4.90 Å². The van der Waals surface area contributed by atoms with Crippen LogP contribution in [0.15, 0.2) is 24.3 Å². The number of aryl methyl sites for hydroxylation is 1. The molecule has 1 aromatic carbocycles. The summed E-state index contributed by atoms with van der Waals surface area (Å²) >= 11 is 0. The molecule has 0 saturated heterocycles. The van der Waals surface area contributed by atoms with Crippen LogP contribution in [0.5, 0.6) is 0 Å². The van der Waals surface area contributed by atoms with Crippen molar-refractivity contribution in [3.63, 3.8) is 0 Å². The van der Waals surface area contributed by atoms with E-state index in [4.69, 9.17) is 11.5 Å². The van der Waals surface area contributed by atoms with E-state index < -0.39 is 0 Å². The summed E-state index contributed by atoms with van der Waals surface area (Å²) in [6, 6.07) is 8.25. The van der Waals surface area contributed by atoms with Crippen LogP contribution in [0.3, 0.4) is 0 Å². The molecule has 4 heteroatoms. The molecule has 0 heterocycles. The second-order valence-corrected chi connectivity index (χ2v) is 5.39. The number of benzene rings is 1. The molecule has 1 rings (SSSR count). The van der Waals surface area contributed by atoms with Crippen molar-refractivity contribution in [2.24, 2.45) is 11.5 Å². The first-order valence-electron chi connectivity index (χ1n) is 6.69. The number of hydrogen-bond acceptors (Lipinski definition) is 3. The molecule has 19 heavy (non-hydrogen) atoms. The van der Waals surface area contributed by atoms with Gasteiger partial charge in [-0.25, -0.2) is 0 Å². The Kier molecular flexibility index (Phi) is 5.51. The minimum atomic E-state index is -0.326. The van der Waals surface area contributed by atoms with Crippen molar-refractivity contribution in [2.75, 3.05) is 6.54 Å². The largest absolute Gasteiger partial charge is 0.369 e. The molecule has 0 aliphatic carbocycles. The SMILES string of the molecule is Cc1ccccc1C(C(C)N)N(CC(N)=O)C(C)C. The summed E-state index contributed by atoms with van der Waals surface area (Å²) in [7, 11) is 0. The van der Waals surface area contributed by atoms with Gasteiger partial charge in [0.2, 0.25) is 5.91 Å². The summed E-state index contributed by atoms with van der Waals surface area (Å²) in [6.07, 6.45) is 0. The number of nitrogens with zero attached hydrogens (tertiary/aromatic N) is 1. The summed E-state index contributed by atoms with van der Waals surface area (Å²) in [5.74, 6) is -0.326. The molecule has 1 aromatic rings. The van der Waals surface area contributed by atoms with Gasteiger partial charge < -0.3 is 11.5 Å². The molecule has 106 valence electrons. The van der Waals surface area contributed by atoms with E-state index in [0.29, 0.717) is 0 Å². The minimum absolute atomic E-state index is 0.00583. The van der Waals surface area contributed by atoms with Gasteiger partial charge in [0, 0.05) is 12.1 Å². The van der Waals surface area contributed by atoms with Crippen LogP contribution in [0.1, 0.15) is 37.9 Å². The summed E-state index contributed by atoms with van der Waals surface area (Å²) in [6.45, 7) is 8.35. The van der Waals surface area contributed by atoms with E-state index in [-0.39, 0.29) is 30.6 Å². The van der Waals surface area contributed by atoms with Crippen molar-refractivity contribution < 1.29 is 4.79 Å². The normalized spacial score (nSPS) is 14.7.